The number of fused-ring (bicyclic) bond motifs is 2. The fourth-order valence-corrected chi connectivity index (χ4v) is 7.43. The van der Waals surface area contributed by atoms with Crippen LogP contribution < -0.4 is 11.1 Å². The molecule has 10 nitrogen and oxygen atoms in total. The summed E-state index contributed by atoms with van der Waals surface area (Å²) in [7, 11) is 0. The van der Waals surface area contributed by atoms with E-state index in [2.05, 4.69) is 30.1 Å². The molecule has 62 heavy (non-hydrogen) atoms. The van der Waals surface area contributed by atoms with Gasteiger partial charge in [0.15, 0.2) is 11.3 Å². The van der Waals surface area contributed by atoms with E-state index < -0.39 is 35.4 Å². The van der Waals surface area contributed by atoms with Crippen LogP contribution in [0.25, 0.3) is 22.1 Å². The molecule has 0 saturated heterocycles. The zero-order valence-corrected chi connectivity index (χ0v) is 35.8. The average Bonchev–Trinajstić information content (AvgIpc) is 3.82. The third-order valence-electron chi connectivity index (χ3n) is 11.4. The molecule has 320 valence electrons. The van der Waals surface area contributed by atoms with Gasteiger partial charge < -0.3 is 9.97 Å². The molecule has 0 radical (unpaired) electrons. The maximum absolute atomic E-state index is 13.7. The lowest BCUT2D eigenvalue weighted by Gasteiger charge is -2.14. The number of H-pyrrole nitrogens is 2. The van der Waals surface area contributed by atoms with E-state index in [4.69, 9.17) is 0 Å². The summed E-state index contributed by atoms with van der Waals surface area (Å²) in [6.45, 7) is 15.8. The molecule has 4 aromatic heterocycles. The Morgan fingerprint density at radius 3 is 1.19 bits per heavy atom. The summed E-state index contributed by atoms with van der Waals surface area (Å²) in [5.74, 6) is 0.831. The Labute approximate surface area is 355 Å². The Bertz CT molecular complexity index is 2820. The van der Waals surface area contributed by atoms with Gasteiger partial charge in [-0.2, -0.15) is 10.2 Å². The predicted octanol–water partition coefficient (Wildman–Crippen LogP) is 10.4. The fourth-order valence-electron chi connectivity index (χ4n) is 7.43. The molecule has 14 heteroatoms. The molecule has 2 N–H and O–H groups in total. The third-order valence-corrected chi connectivity index (χ3v) is 11.4. The van der Waals surface area contributed by atoms with Crippen molar-refractivity contribution in [2.24, 2.45) is 0 Å². The SMILES string of the molecule is Cc1ccc([C@@H](C)n2nc(C(F)F)c3c(=O)[nH]c(Cc4ccc(C)c(C)c4)nc32)cc1.Cc1ccc([C@H](C)n2nc(C(F)F)c3c(=O)[nH]c(Cc4ccc(C)c(C)c4)nc32)cc1. The minimum absolute atomic E-state index is 0.155. The van der Waals surface area contributed by atoms with Gasteiger partial charge in [-0.15, -0.1) is 0 Å². The maximum atomic E-state index is 13.7. The molecule has 0 aliphatic carbocycles. The predicted molar refractivity (Wildman–Crippen MR) is 234 cm³/mol. The van der Waals surface area contributed by atoms with Gasteiger partial charge in [0, 0.05) is 12.8 Å². The van der Waals surface area contributed by atoms with Crippen molar-refractivity contribution < 1.29 is 17.6 Å². The van der Waals surface area contributed by atoms with Gasteiger partial charge in [-0.25, -0.2) is 36.9 Å². The van der Waals surface area contributed by atoms with Gasteiger partial charge in [0.05, 0.1) is 12.1 Å². The van der Waals surface area contributed by atoms with Gasteiger partial charge in [0.2, 0.25) is 0 Å². The lowest BCUT2D eigenvalue weighted by Crippen LogP contribution is -2.15. The maximum Gasteiger partial charge on any atom is 0.283 e. The van der Waals surface area contributed by atoms with Gasteiger partial charge in [-0.1, -0.05) is 96.1 Å². The summed E-state index contributed by atoms with van der Waals surface area (Å²) in [6.07, 6.45) is -4.97. The number of benzene rings is 4. The van der Waals surface area contributed by atoms with E-state index in [-0.39, 0.29) is 34.2 Å². The second-order valence-electron chi connectivity index (χ2n) is 16.0. The van der Waals surface area contributed by atoms with Crippen molar-refractivity contribution in [2.45, 2.75) is 93.2 Å². The van der Waals surface area contributed by atoms with Crippen molar-refractivity contribution in [1.29, 1.82) is 0 Å². The van der Waals surface area contributed by atoms with E-state index in [9.17, 15) is 27.2 Å². The van der Waals surface area contributed by atoms with Gasteiger partial charge in [-0.05, 0) is 99.9 Å². The molecule has 0 saturated carbocycles. The normalized spacial score (nSPS) is 12.6. The highest BCUT2D eigenvalue weighted by atomic mass is 19.3. The number of aromatic amines is 2. The Hall–Kier alpha value is -6.70. The molecule has 0 aliphatic heterocycles. The third kappa shape index (κ3) is 9.00. The molecule has 2 atom stereocenters. The van der Waals surface area contributed by atoms with Crippen LogP contribution in [-0.2, 0) is 12.8 Å². The first kappa shape index (κ1) is 43.4. The number of nitrogens with one attached hydrogen (secondary N) is 2. The summed E-state index contributed by atoms with van der Waals surface area (Å²) in [5.41, 5.74) is 8.65. The molecule has 8 rings (SSSR count). The van der Waals surface area contributed by atoms with Crippen molar-refractivity contribution in [2.75, 3.05) is 0 Å². The van der Waals surface area contributed by atoms with Gasteiger partial charge in [0.1, 0.15) is 33.8 Å². The lowest BCUT2D eigenvalue weighted by atomic mass is 10.0. The molecule has 0 amide bonds. The molecular formula is C48H48F4N8O2. The average molecular weight is 845 g/mol. The van der Waals surface area contributed by atoms with E-state index in [0.29, 0.717) is 24.5 Å². The van der Waals surface area contributed by atoms with Crippen molar-refractivity contribution in [3.8, 4) is 0 Å². The monoisotopic (exact) mass is 844 g/mol. The van der Waals surface area contributed by atoms with E-state index in [1.54, 1.807) is 0 Å². The summed E-state index contributed by atoms with van der Waals surface area (Å²) < 4.78 is 57.6. The van der Waals surface area contributed by atoms with Crippen LogP contribution in [0.2, 0.25) is 0 Å². The minimum atomic E-state index is -2.87. The van der Waals surface area contributed by atoms with Crippen molar-refractivity contribution in [3.05, 3.63) is 184 Å². The van der Waals surface area contributed by atoms with E-state index in [1.165, 1.54) is 20.5 Å². The number of hydrogen-bond donors (Lipinski definition) is 2. The molecular weight excluding hydrogens is 797 g/mol. The largest absolute Gasteiger partial charge is 0.310 e. The molecule has 0 aliphatic rings. The molecule has 0 unspecified atom stereocenters. The zero-order chi connectivity index (χ0) is 44.6. The Balaban J connectivity index is 0.000000186. The number of hydrogen-bond acceptors (Lipinski definition) is 6. The molecule has 0 fully saturated rings. The number of alkyl halides is 4. The van der Waals surface area contributed by atoms with Crippen molar-refractivity contribution in [1.82, 2.24) is 39.5 Å². The lowest BCUT2D eigenvalue weighted by molar-refractivity contribution is 0.146. The Morgan fingerprint density at radius 2 is 0.871 bits per heavy atom. The Morgan fingerprint density at radius 1 is 0.516 bits per heavy atom. The number of aromatic nitrogens is 8. The first-order valence-electron chi connectivity index (χ1n) is 20.3. The van der Waals surface area contributed by atoms with Crippen LogP contribution in [0.15, 0.2) is 94.5 Å². The van der Waals surface area contributed by atoms with Gasteiger partial charge in [-0.3, -0.25) is 9.59 Å². The van der Waals surface area contributed by atoms with Crippen LogP contribution in [0.4, 0.5) is 17.6 Å². The second-order valence-corrected chi connectivity index (χ2v) is 16.0. The highest BCUT2D eigenvalue weighted by molar-refractivity contribution is 5.78. The van der Waals surface area contributed by atoms with E-state index in [0.717, 1.165) is 44.5 Å². The van der Waals surface area contributed by atoms with Crippen LogP contribution >= 0.6 is 0 Å². The van der Waals surface area contributed by atoms with Crippen molar-refractivity contribution in [3.63, 3.8) is 0 Å². The number of aryl methyl sites for hydroxylation is 6. The Kier molecular flexibility index (Phi) is 12.4. The smallest absolute Gasteiger partial charge is 0.283 e. The van der Waals surface area contributed by atoms with Gasteiger partial charge in [0.25, 0.3) is 24.0 Å². The second kappa shape index (κ2) is 17.7. The van der Waals surface area contributed by atoms with Crippen LogP contribution in [0.5, 0.6) is 0 Å². The van der Waals surface area contributed by atoms with Crippen LogP contribution in [0.3, 0.4) is 0 Å². The summed E-state index contributed by atoms with van der Waals surface area (Å²) in [6, 6.07) is 26.9. The van der Waals surface area contributed by atoms with E-state index in [1.807, 2.05) is 140 Å². The van der Waals surface area contributed by atoms with Crippen LogP contribution in [0, 0.1) is 41.5 Å². The fraction of sp³-hybridized carbons (Fsp3) is 0.292. The standard InChI is InChI=1S/2C24H24F2N4O/c2*1-13-5-9-18(10-6-13)16(4)30-23-20(21(29-30)22(25)26)24(31)28-19(27-23)12-17-8-7-14(2)15(3)11-17/h2*5-11,16,22H,12H2,1-4H3,(H,27,28,31)/t2*16-/m10/s1. The molecule has 0 bridgehead atoms. The summed E-state index contributed by atoms with van der Waals surface area (Å²) in [4.78, 5) is 40.0. The number of halogens is 4. The highest BCUT2D eigenvalue weighted by Gasteiger charge is 2.27. The highest BCUT2D eigenvalue weighted by Crippen LogP contribution is 2.30. The van der Waals surface area contributed by atoms with E-state index >= 15 is 0 Å². The minimum Gasteiger partial charge on any atom is -0.310 e. The molecule has 4 aromatic carbocycles. The summed E-state index contributed by atoms with van der Waals surface area (Å²) >= 11 is 0. The van der Waals surface area contributed by atoms with Crippen molar-refractivity contribution >= 4 is 22.1 Å². The first-order chi connectivity index (χ1) is 29.5. The quantitative estimate of drug-likeness (QED) is 0.132. The molecule has 8 aromatic rings. The number of nitrogens with zero attached hydrogens (tertiary/aromatic N) is 6. The first-order valence-corrected chi connectivity index (χ1v) is 20.3. The molecule has 4 heterocycles. The molecule has 0 spiro atoms. The zero-order valence-electron chi connectivity index (χ0n) is 35.8. The van der Waals surface area contributed by atoms with Crippen LogP contribution in [0.1, 0.15) is 117 Å². The number of rotatable bonds is 10. The summed E-state index contributed by atoms with van der Waals surface area (Å²) in [5, 5.41) is 7.90. The topological polar surface area (TPSA) is 127 Å². The van der Waals surface area contributed by atoms with Crippen LogP contribution in [-0.4, -0.2) is 39.5 Å². The van der Waals surface area contributed by atoms with Gasteiger partial charge >= 0.3 is 0 Å².